The van der Waals surface area contributed by atoms with Gasteiger partial charge in [-0.05, 0) is 19.9 Å². The highest BCUT2D eigenvalue weighted by molar-refractivity contribution is 7.18. The van der Waals surface area contributed by atoms with Crippen LogP contribution in [-0.4, -0.2) is 11.8 Å². The summed E-state index contributed by atoms with van der Waals surface area (Å²) in [5.74, 6) is 0.115. The molecule has 14 heavy (non-hydrogen) atoms. The van der Waals surface area contributed by atoms with E-state index in [-0.39, 0.29) is 5.78 Å². The molecule has 0 aromatic carbocycles. The van der Waals surface area contributed by atoms with Gasteiger partial charge < -0.3 is 11.1 Å². The molecular formula is C10H16N2OS. The van der Waals surface area contributed by atoms with Crippen molar-refractivity contribution in [3.8, 4) is 0 Å². The Morgan fingerprint density at radius 2 is 2.29 bits per heavy atom. The molecule has 0 atom stereocenters. The molecular weight excluding hydrogens is 196 g/mol. The number of nitrogen functional groups attached to an aromatic ring is 1. The lowest BCUT2D eigenvalue weighted by atomic mass is 10.2. The molecule has 4 heteroatoms. The molecule has 0 fully saturated rings. The highest BCUT2D eigenvalue weighted by Crippen LogP contribution is 2.30. The molecule has 78 valence electrons. The van der Waals surface area contributed by atoms with E-state index in [0.29, 0.717) is 23.0 Å². The minimum absolute atomic E-state index is 0.115. The Balaban J connectivity index is 2.87. The maximum absolute atomic E-state index is 11.4. The average molecular weight is 212 g/mol. The van der Waals surface area contributed by atoms with Crippen LogP contribution in [0.2, 0.25) is 0 Å². The SMILES string of the molecule is CCC(=O)c1sc(NC(C)C)cc1N. The number of ketones is 1. The second kappa shape index (κ2) is 4.46. The summed E-state index contributed by atoms with van der Waals surface area (Å²) in [4.78, 5) is 12.1. The second-order valence-electron chi connectivity index (χ2n) is 3.47. The van der Waals surface area contributed by atoms with E-state index in [9.17, 15) is 4.79 Å². The van der Waals surface area contributed by atoms with Gasteiger partial charge in [-0.1, -0.05) is 6.92 Å². The first kappa shape index (κ1) is 11.0. The van der Waals surface area contributed by atoms with E-state index >= 15 is 0 Å². The van der Waals surface area contributed by atoms with E-state index in [1.165, 1.54) is 11.3 Å². The monoisotopic (exact) mass is 212 g/mol. The van der Waals surface area contributed by atoms with Gasteiger partial charge in [-0.3, -0.25) is 4.79 Å². The molecule has 0 amide bonds. The number of hydrogen-bond donors (Lipinski definition) is 2. The van der Waals surface area contributed by atoms with Crippen LogP contribution in [0.25, 0.3) is 0 Å². The van der Waals surface area contributed by atoms with E-state index in [2.05, 4.69) is 19.2 Å². The topological polar surface area (TPSA) is 55.1 Å². The number of carbonyl (C=O) groups is 1. The molecule has 0 aliphatic rings. The molecule has 1 rings (SSSR count). The van der Waals surface area contributed by atoms with Gasteiger partial charge in [0, 0.05) is 12.5 Å². The van der Waals surface area contributed by atoms with Gasteiger partial charge in [-0.2, -0.15) is 0 Å². The van der Waals surface area contributed by atoms with Gasteiger partial charge in [-0.15, -0.1) is 11.3 Å². The Bertz CT molecular complexity index is 331. The number of hydrogen-bond acceptors (Lipinski definition) is 4. The molecule has 3 N–H and O–H groups in total. The van der Waals surface area contributed by atoms with Crippen LogP contribution in [0.1, 0.15) is 36.9 Å². The standard InChI is InChI=1S/C10H16N2OS/c1-4-8(13)10-7(11)5-9(14-10)12-6(2)3/h5-6,12H,4,11H2,1-3H3. The van der Waals surface area contributed by atoms with Crippen LogP contribution in [0.5, 0.6) is 0 Å². The summed E-state index contributed by atoms with van der Waals surface area (Å²) in [6.07, 6.45) is 0.506. The molecule has 0 aliphatic heterocycles. The van der Waals surface area contributed by atoms with Crippen molar-refractivity contribution in [1.82, 2.24) is 0 Å². The van der Waals surface area contributed by atoms with Crippen LogP contribution >= 0.6 is 11.3 Å². The number of Topliss-reactive ketones (excluding diaryl/α,β-unsaturated/α-hetero) is 1. The van der Waals surface area contributed by atoms with Gasteiger partial charge in [0.2, 0.25) is 0 Å². The van der Waals surface area contributed by atoms with Crippen LogP contribution in [0.3, 0.4) is 0 Å². The lowest BCUT2D eigenvalue weighted by molar-refractivity contribution is 0.0993. The normalized spacial score (nSPS) is 10.6. The van der Waals surface area contributed by atoms with Crippen molar-refractivity contribution in [2.75, 3.05) is 11.1 Å². The highest BCUT2D eigenvalue weighted by atomic mass is 32.1. The maximum atomic E-state index is 11.4. The zero-order valence-electron chi connectivity index (χ0n) is 8.76. The van der Waals surface area contributed by atoms with Crippen LogP contribution in [0.15, 0.2) is 6.07 Å². The van der Waals surface area contributed by atoms with E-state index in [4.69, 9.17) is 5.73 Å². The predicted molar refractivity (Wildman–Crippen MR) is 62.1 cm³/mol. The minimum atomic E-state index is 0.115. The summed E-state index contributed by atoms with van der Waals surface area (Å²) in [7, 11) is 0. The van der Waals surface area contributed by atoms with Gasteiger partial charge in [0.25, 0.3) is 0 Å². The Hall–Kier alpha value is -1.03. The van der Waals surface area contributed by atoms with Crippen LogP contribution < -0.4 is 11.1 Å². The molecule has 0 saturated heterocycles. The van der Waals surface area contributed by atoms with Gasteiger partial charge in [0.1, 0.15) is 0 Å². The molecule has 0 unspecified atom stereocenters. The molecule has 1 aromatic heterocycles. The quantitative estimate of drug-likeness (QED) is 0.754. The zero-order chi connectivity index (χ0) is 10.7. The Kier molecular flexibility index (Phi) is 3.52. The van der Waals surface area contributed by atoms with E-state index < -0.39 is 0 Å². The van der Waals surface area contributed by atoms with Crippen LogP contribution in [-0.2, 0) is 0 Å². The van der Waals surface area contributed by atoms with Crippen molar-refractivity contribution in [2.45, 2.75) is 33.2 Å². The van der Waals surface area contributed by atoms with Crippen molar-refractivity contribution in [3.63, 3.8) is 0 Å². The fourth-order valence-electron chi connectivity index (χ4n) is 1.14. The fraction of sp³-hybridized carbons (Fsp3) is 0.500. The first-order valence-electron chi connectivity index (χ1n) is 4.73. The van der Waals surface area contributed by atoms with Crippen molar-refractivity contribution in [3.05, 3.63) is 10.9 Å². The maximum Gasteiger partial charge on any atom is 0.174 e. The molecule has 3 nitrogen and oxygen atoms in total. The lowest BCUT2D eigenvalue weighted by Crippen LogP contribution is -2.07. The van der Waals surface area contributed by atoms with Crippen molar-refractivity contribution in [2.24, 2.45) is 0 Å². The average Bonchev–Trinajstić information content (AvgIpc) is 2.44. The van der Waals surface area contributed by atoms with Gasteiger partial charge in [-0.25, -0.2) is 0 Å². The number of nitrogens with two attached hydrogens (primary N) is 1. The van der Waals surface area contributed by atoms with Crippen molar-refractivity contribution in [1.29, 1.82) is 0 Å². The summed E-state index contributed by atoms with van der Waals surface area (Å²) < 4.78 is 0. The number of rotatable bonds is 4. The Morgan fingerprint density at radius 3 is 2.79 bits per heavy atom. The minimum Gasteiger partial charge on any atom is -0.397 e. The summed E-state index contributed by atoms with van der Waals surface area (Å²) in [6.45, 7) is 5.95. The first-order valence-corrected chi connectivity index (χ1v) is 5.55. The summed E-state index contributed by atoms with van der Waals surface area (Å²) in [5.41, 5.74) is 6.33. The predicted octanol–water partition coefficient (Wildman–Crippen LogP) is 2.74. The van der Waals surface area contributed by atoms with Crippen LogP contribution in [0.4, 0.5) is 10.7 Å². The third-order valence-electron chi connectivity index (χ3n) is 1.77. The zero-order valence-corrected chi connectivity index (χ0v) is 9.57. The third-order valence-corrected chi connectivity index (χ3v) is 2.89. The first-order chi connectivity index (χ1) is 6.54. The summed E-state index contributed by atoms with van der Waals surface area (Å²) >= 11 is 1.43. The molecule has 0 bridgehead atoms. The van der Waals surface area contributed by atoms with E-state index in [1.807, 2.05) is 13.0 Å². The van der Waals surface area contributed by atoms with Crippen LogP contribution in [0, 0.1) is 0 Å². The van der Waals surface area contributed by atoms with Gasteiger partial charge in [0.15, 0.2) is 5.78 Å². The summed E-state index contributed by atoms with van der Waals surface area (Å²) in [5, 5.41) is 4.20. The van der Waals surface area contributed by atoms with Crippen molar-refractivity contribution < 1.29 is 4.79 Å². The summed E-state index contributed by atoms with van der Waals surface area (Å²) in [6, 6.07) is 2.19. The fourth-order valence-corrected chi connectivity index (χ4v) is 2.27. The third kappa shape index (κ3) is 2.48. The Labute approximate surface area is 88.3 Å². The number of thiophene rings is 1. The van der Waals surface area contributed by atoms with E-state index in [1.54, 1.807) is 0 Å². The van der Waals surface area contributed by atoms with E-state index in [0.717, 1.165) is 5.00 Å². The lowest BCUT2D eigenvalue weighted by Gasteiger charge is -2.05. The van der Waals surface area contributed by atoms with Crippen molar-refractivity contribution >= 4 is 27.8 Å². The smallest absolute Gasteiger partial charge is 0.174 e. The largest absolute Gasteiger partial charge is 0.397 e. The molecule has 0 radical (unpaired) electrons. The molecule has 1 heterocycles. The molecule has 1 aromatic rings. The molecule has 0 spiro atoms. The van der Waals surface area contributed by atoms with Gasteiger partial charge in [0.05, 0.1) is 15.6 Å². The van der Waals surface area contributed by atoms with Gasteiger partial charge >= 0.3 is 0 Å². The molecule has 0 aliphatic carbocycles. The number of nitrogens with one attached hydrogen (secondary N) is 1. The number of carbonyl (C=O) groups excluding carboxylic acids is 1. The highest BCUT2D eigenvalue weighted by Gasteiger charge is 2.12. The molecule has 0 saturated carbocycles. The Morgan fingerprint density at radius 1 is 1.64 bits per heavy atom. The number of anilines is 2. The second-order valence-corrected chi connectivity index (χ2v) is 4.52.